The number of hydrogen-bond donors (Lipinski definition) is 1. The topological polar surface area (TPSA) is 86.8 Å². The number of halogens is 2. The van der Waals surface area contributed by atoms with Gasteiger partial charge in [-0.15, -0.1) is 0 Å². The molecule has 3 aromatic carbocycles. The Labute approximate surface area is 243 Å². The molecule has 0 aromatic heterocycles. The molecule has 0 spiro atoms. The normalized spacial score (nSPS) is 14.5. The van der Waals surface area contributed by atoms with Crippen LogP contribution in [-0.4, -0.2) is 43.8 Å². The molecular weight excluding hydrogens is 597 g/mol. The molecule has 1 unspecified atom stereocenters. The van der Waals surface area contributed by atoms with Crippen LogP contribution in [-0.2, 0) is 26.2 Å². The van der Waals surface area contributed by atoms with E-state index in [-0.39, 0.29) is 29.1 Å². The van der Waals surface area contributed by atoms with Gasteiger partial charge >= 0.3 is 0 Å². The van der Waals surface area contributed by atoms with Crippen LogP contribution >= 0.6 is 15.9 Å². The molecule has 1 atom stereocenters. The number of amides is 2. The van der Waals surface area contributed by atoms with Crippen LogP contribution in [0.25, 0.3) is 0 Å². The Morgan fingerprint density at radius 2 is 1.68 bits per heavy atom. The predicted octanol–water partition coefficient (Wildman–Crippen LogP) is 5.57. The monoisotopic (exact) mass is 629 g/mol. The molecule has 0 saturated heterocycles. The van der Waals surface area contributed by atoms with Crippen LogP contribution in [0.5, 0.6) is 0 Å². The minimum atomic E-state index is -4.20. The maximum atomic E-state index is 14.0. The molecule has 10 heteroatoms. The van der Waals surface area contributed by atoms with Gasteiger partial charge in [-0.3, -0.25) is 13.9 Å². The molecular formula is C30H33BrFN3O4S. The highest BCUT2D eigenvalue weighted by Crippen LogP contribution is 2.26. The first-order chi connectivity index (χ1) is 19.0. The van der Waals surface area contributed by atoms with E-state index in [1.807, 2.05) is 31.2 Å². The summed E-state index contributed by atoms with van der Waals surface area (Å²) in [6, 6.07) is 17.8. The number of anilines is 1. The standard InChI is InChI=1S/C30H33BrFN3O4S/c1-21-10-16-28(17-11-21)40(38,39)35(27-14-12-25(32)13-15-27)20-29(36)34(19-23-6-5-7-24(31)18-23)22(2)30(37)33-26-8-3-4-9-26/h5-7,10-18,22,26H,3-4,8-9,19-20H2,1-2H3,(H,33,37). The molecule has 0 bridgehead atoms. The summed E-state index contributed by atoms with van der Waals surface area (Å²) in [5, 5.41) is 3.05. The molecule has 0 heterocycles. The van der Waals surface area contributed by atoms with Crippen molar-refractivity contribution in [2.75, 3.05) is 10.8 Å². The van der Waals surface area contributed by atoms with Crippen molar-refractivity contribution < 1.29 is 22.4 Å². The number of hydrogen-bond acceptors (Lipinski definition) is 4. The van der Waals surface area contributed by atoms with Crippen LogP contribution in [0.4, 0.5) is 10.1 Å². The van der Waals surface area contributed by atoms with Crippen LogP contribution in [0.15, 0.2) is 82.2 Å². The number of rotatable bonds is 10. The molecule has 4 rings (SSSR count). The van der Waals surface area contributed by atoms with Gasteiger partial charge in [0, 0.05) is 17.1 Å². The van der Waals surface area contributed by atoms with Crippen molar-refractivity contribution in [1.82, 2.24) is 10.2 Å². The van der Waals surface area contributed by atoms with Crippen LogP contribution in [0.2, 0.25) is 0 Å². The van der Waals surface area contributed by atoms with E-state index in [2.05, 4.69) is 21.2 Å². The Balaban J connectivity index is 1.68. The van der Waals surface area contributed by atoms with Gasteiger partial charge in [-0.2, -0.15) is 0 Å². The van der Waals surface area contributed by atoms with Gasteiger partial charge in [-0.1, -0.05) is 58.6 Å². The first kappa shape index (κ1) is 29.7. The molecule has 1 saturated carbocycles. The van der Waals surface area contributed by atoms with E-state index in [0.717, 1.165) is 57.7 Å². The van der Waals surface area contributed by atoms with Crippen LogP contribution < -0.4 is 9.62 Å². The van der Waals surface area contributed by atoms with Gasteiger partial charge in [0.05, 0.1) is 10.6 Å². The Kier molecular flexibility index (Phi) is 9.63. The van der Waals surface area contributed by atoms with Crippen molar-refractivity contribution in [2.24, 2.45) is 0 Å². The molecule has 1 N–H and O–H groups in total. The molecule has 1 aliphatic rings. The number of nitrogens with zero attached hydrogens (tertiary/aromatic N) is 2. The lowest BCUT2D eigenvalue weighted by Gasteiger charge is -2.32. The highest BCUT2D eigenvalue weighted by molar-refractivity contribution is 9.10. The van der Waals surface area contributed by atoms with Gasteiger partial charge in [-0.25, -0.2) is 12.8 Å². The first-order valence-electron chi connectivity index (χ1n) is 13.2. The van der Waals surface area contributed by atoms with E-state index >= 15 is 0 Å². The third-order valence-electron chi connectivity index (χ3n) is 7.11. The van der Waals surface area contributed by atoms with Crippen molar-refractivity contribution in [2.45, 2.75) is 63.1 Å². The fraction of sp³-hybridized carbons (Fsp3) is 0.333. The SMILES string of the molecule is Cc1ccc(S(=O)(=O)N(CC(=O)N(Cc2cccc(Br)c2)C(C)C(=O)NC2CCCC2)c2ccc(F)cc2)cc1. The zero-order valence-corrected chi connectivity index (χ0v) is 24.9. The third kappa shape index (κ3) is 7.28. The lowest BCUT2D eigenvalue weighted by molar-refractivity contribution is -0.139. The van der Waals surface area contributed by atoms with Gasteiger partial charge in [0.25, 0.3) is 10.0 Å². The average Bonchev–Trinajstić information content (AvgIpc) is 3.44. The summed E-state index contributed by atoms with van der Waals surface area (Å²) in [5.74, 6) is -1.38. The first-order valence-corrected chi connectivity index (χ1v) is 15.5. The smallest absolute Gasteiger partial charge is 0.264 e. The summed E-state index contributed by atoms with van der Waals surface area (Å²) in [6.07, 6.45) is 3.88. The second-order valence-electron chi connectivity index (χ2n) is 10.1. The Morgan fingerprint density at radius 1 is 1.02 bits per heavy atom. The molecule has 0 aliphatic heterocycles. The summed E-state index contributed by atoms with van der Waals surface area (Å²) in [5.41, 5.74) is 1.80. The van der Waals surface area contributed by atoms with E-state index in [4.69, 9.17) is 0 Å². The second kappa shape index (κ2) is 13.0. The van der Waals surface area contributed by atoms with Crippen LogP contribution in [0.1, 0.15) is 43.7 Å². The Hall–Kier alpha value is -3.24. The third-order valence-corrected chi connectivity index (χ3v) is 9.39. The maximum Gasteiger partial charge on any atom is 0.264 e. The van der Waals surface area contributed by atoms with E-state index in [1.54, 1.807) is 19.1 Å². The number of aryl methyl sites for hydroxylation is 1. The van der Waals surface area contributed by atoms with Crippen molar-refractivity contribution in [3.05, 3.63) is 94.2 Å². The average molecular weight is 631 g/mol. The molecule has 0 radical (unpaired) electrons. The minimum Gasteiger partial charge on any atom is -0.352 e. The number of carbonyl (C=O) groups is 2. The van der Waals surface area contributed by atoms with Gasteiger partial charge in [0.15, 0.2) is 0 Å². The Morgan fingerprint density at radius 3 is 2.30 bits per heavy atom. The number of benzene rings is 3. The van der Waals surface area contributed by atoms with Crippen molar-refractivity contribution >= 4 is 43.5 Å². The van der Waals surface area contributed by atoms with Gasteiger partial charge < -0.3 is 10.2 Å². The highest BCUT2D eigenvalue weighted by Gasteiger charge is 2.33. The van der Waals surface area contributed by atoms with Gasteiger partial charge in [0.1, 0.15) is 18.4 Å². The summed E-state index contributed by atoms with van der Waals surface area (Å²) in [6.45, 7) is 3.02. The number of sulfonamides is 1. The molecule has 1 aliphatic carbocycles. The van der Waals surface area contributed by atoms with E-state index in [9.17, 15) is 22.4 Å². The van der Waals surface area contributed by atoms with Crippen molar-refractivity contribution in [1.29, 1.82) is 0 Å². The molecule has 2 amide bonds. The minimum absolute atomic E-state index is 0.000731. The second-order valence-corrected chi connectivity index (χ2v) is 12.9. The van der Waals surface area contributed by atoms with Crippen molar-refractivity contribution in [3.8, 4) is 0 Å². The quantitative estimate of drug-likeness (QED) is 0.318. The summed E-state index contributed by atoms with van der Waals surface area (Å²) >= 11 is 3.45. The number of carbonyl (C=O) groups excluding carboxylic acids is 2. The summed E-state index contributed by atoms with van der Waals surface area (Å²) in [7, 11) is -4.20. The Bertz CT molecular complexity index is 1440. The zero-order valence-electron chi connectivity index (χ0n) is 22.5. The summed E-state index contributed by atoms with van der Waals surface area (Å²) in [4.78, 5) is 28.6. The van der Waals surface area contributed by atoms with E-state index in [0.29, 0.717) is 0 Å². The van der Waals surface area contributed by atoms with E-state index in [1.165, 1.54) is 29.2 Å². The largest absolute Gasteiger partial charge is 0.352 e. The zero-order chi connectivity index (χ0) is 28.9. The molecule has 3 aromatic rings. The predicted molar refractivity (Wildman–Crippen MR) is 157 cm³/mol. The molecule has 7 nitrogen and oxygen atoms in total. The molecule has 40 heavy (non-hydrogen) atoms. The van der Waals surface area contributed by atoms with Crippen LogP contribution in [0, 0.1) is 12.7 Å². The van der Waals surface area contributed by atoms with Gasteiger partial charge in [-0.05, 0) is 80.8 Å². The maximum absolute atomic E-state index is 14.0. The summed E-state index contributed by atoms with van der Waals surface area (Å²) < 4.78 is 43.1. The highest BCUT2D eigenvalue weighted by atomic mass is 79.9. The fourth-order valence-corrected chi connectivity index (χ4v) is 6.64. The fourth-order valence-electron chi connectivity index (χ4n) is 4.78. The molecule has 1 fully saturated rings. The van der Waals surface area contributed by atoms with Crippen LogP contribution in [0.3, 0.4) is 0 Å². The number of nitrogens with one attached hydrogen (secondary N) is 1. The van der Waals surface area contributed by atoms with Crippen molar-refractivity contribution in [3.63, 3.8) is 0 Å². The lowest BCUT2D eigenvalue weighted by Crippen LogP contribution is -2.52. The lowest BCUT2D eigenvalue weighted by atomic mass is 10.1. The molecule has 212 valence electrons. The van der Waals surface area contributed by atoms with E-state index < -0.39 is 34.3 Å². The van der Waals surface area contributed by atoms with Gasteiger partial charge in [0.2, 0.25) is 11.8 Å².